The number of rotatable bonds is 5. The van der Waals surface area contributed by atoms with Crippen LogP contribution in [0.1, 0.15) is 31.4 Å². The van der Waals surface area contributed by atoms with E-state index in [0.29, 0.717) is 29.4 Å². The van der Waals surface area contributed by atoms with E-state index in [2.05, 4.69) is 5.10 Å². The van der Waals surface area contributed by atoms with Gasteiger partial charge in [-0.2, -0.15) is 10.1 Å². The van der Waals surface area contributed by atoms with Crippen molar-refractivity contribution in [1.82, 2.24) is 0 Å². The van der Waals surface area contributed by atoms with Crippen molar-refractivity contribution in [3.05, 3.63) is 47.5 Å². The van der Waals surface area contributed by atoms with Crippen molar-refractivity contribution in [3.63, 3.8) is 0 Å². The van der Waals surface area contributed by atoms with Crippen LogP contribution >= 0.6 is 0 Å². The maximum Gasteiger partial charge on any atom is 0.258 e. The van der Waals surface area contributed by atoms with E-state index in [9.17, 15) is 9.59 Å². The minimum absolute atomic E-state index is 0.122. The maximum absolute atomic E-state index is 13.2. The molecule has 0 radical (unpaired) electrons. The third-order valence-corrected chi connectivity index (χ3v) is 5.21. The van der Waals surface area contributed by atoms with Crippen molar-refractivity contribution in [1.29, 1.82) is 0 Å². The maximum atomic E-state index is 13.2. The number of ether oxygens (including phenoxy) is 2. The van der Waals surface area contributed by atoms with Crippen molar-refractivity contribution in [2.45, 2.75) is 34.1 Å². The van der Waals surface area contributed by atoms with E-state index in [1.807, 2.05) is 44.2 Å². The first-order valence-corrected chi connectivity index (χ1v) is 9.87. The average Bonchev–Trinajstić information content (AvgIpc) is 3.03. The number of nitrogens with zero attached hydrogens (tertiary/aromatic N) is 3. The molecule has 1 aliphatic rings. The molecule has 7 nitrogen and oxygen atoms in total. The summed E-state index contributed by atoms with van der Waals surface area (Å²) >= 11 is 0. The molecule has 158 valence electrons. The van der Waals surface area contributed by atoms with Crippen LogP contribution in [0.5, 0.6) is 11.5 Å². The summed E-state index contributed by atoms with van der Waals surface area (Å²) in [5.41, 5.74) is 2.97. The highest BCUT2D eigenvalue weighted by Crippen LogP contribution is 2.39. The van der Waals surface area contributed by atoms with Crippen LogP contribution in [0.25, 0.3) is 0 Å². The Morgan fingerprint density at radius 1 is 1.13 bits per heavy atom. The van der Waals surface area contributed by atoms with E-state index in [-0.39, 0.29) is 11.8 Å². The van der Waals surface area contributed by atoms with Crippen LogP contribution in [-0.2, 0) is 9.59 Å². The third kappa shape index (κ3) is 3.63. The number of hydrogen-bond acceptors (Lipinski definition) is 5. The smallest absolute Gasteiger partial charge is 0.258 e. The molecule has 7 heteroatoms. The Bertz CT molecular complexity index is 1020. The lowest BCUT2D eigenvalue weighted by molar-refractivity contribution is -0.119. The number of anilines is 2. The number of amides is 2. The fourth-order valence-corrected chi connectivity index (χ4v) is 3.55. The van der Waals surface area contributed by atoms with Crippen LogP contribution in [-0.4, -0.2) is 31.9 Å². The van der Waals surface area contributed by atoms with Crippen molar-refractivity contribution < 1.29 is 19.1 Å². The van der Waals surface area contributed by atoms with Crippen LogP contribution in [0.2, 0.25) is 0 Å². The Labute approximate surface area is 176 Å². The van der Waals surface area contributed by atoms with E-state index in [4.69, 9.17) is 9.47 Å². The summed E-state index contributed by atoms with van der Waals surface area (Å²) in [5.74, 6) is 0.563. The van der Waals surface area contributed by atoms with Gasteiger partial charge in [0.05, 0.1) is 25.8 Å². The predicted octanol–water partition coefficient (Wildman–Crippen LogP) is 4.06. The number of hydrazone groups is 1. The molecule has 1 aliphatic heterocycles. The molecule has 0 N–H and O–H groups in total. The van der Waals surface area contributed by atoms with Gasteiger partial charge in [-0.15, -0.1) is 0 Å². The van der Waals surface area contributed by atoms with E-state index in [1.54, 1.807) is 31.9 Å². The molecule has 1 unspecified atom stereocenters. The molecule has 30 heavy (non-hydrogen) atoms. The molecular formula is C23H27N3O4. The number of aryl methyl sites for hydroxylation is 2. The summed E-state index contributed by atoms with van der Waals surface area (Å²) in [7, 11) is 3.11. The summed E-state index contributed by atoms with van der Waals surface area (Å²) in [4.78, 5) is 27.7. The molecule has 0 bridgehead atoms. The van der Waals surface area contributed by atoms with Gasteiger partial charge in [0.15, 0.2) is 0 Å². The highest BCUT2D eigenvalue weighted by molar-refractivity contribution is 6.27. The Morgan fingerprint density at radius 3 is 2.43 bits per heavy atom. The Balaban J connectivity index is 2.15. The zero-order chi connectivity index (χ0) is 22.0. The van der Waals surface area contributed by atoms with E-state index >= 15 is 0 Å². The number of hydrogen-bond donors (Lipinski definition) is 0. The standard InChI is InChI=1S/C23H27N3O4/c1-7-20(27)25(18-11-9-8-10-14(18)2)22-16(4)23(28)26(24-22)21-15(3)12-17(29-5)13-19(21)30-6/h8-13,16H,7H2,1-6H3. The fourth-order valence-electron chi connectivity index (χ4n) is 3.55. The Kier molecular flexibility index (Phi) is 6.10. The second kappa shape index (κ2) is 8.57. The zero-order valence-electron chi connectivity index (χ0n) is 18.2. The molecule has 1 atom stereocenters. The first-order chi connectivity index (χ1) is 14.3. The van der Waals surface area contributed by atoms with Crippen LogP contribution in [0, 0.1) is 19.8 Å². The van der Waals surface area contributed by atoms with Gasteiger partial charge in [0.25, 0.3) is 5.91 Å². The second-order valence-electron chi connectivity index (χ2n) is 7.19. The summed E-state index contributed by atoms with van der Waals surface area (Å²) in [6, 6.07) is 11.1. The Morgan fingerprint density at radius 2 is 1.83 bits per heavy atom. The minimum atomic E-state index is -0.591. The molecule has 0 spiro atoms. The molecule has 0 aromatic heterocycles. The third-order valence-electron chi connectivity index (χ3n) is 5.21. The van der Waals surface area contributed by atoms with Crippen LogP contribution in [0.15, 0.2) is 41.5 Å². The fraction of sp³-hybridized carbons (Fsp3) is 0.348. The molecular weight excluding hydrogens is 382 g/mol. The molecule has 2 amide bonds. The van der Waals surface area contributed by atoms with Gasteiger partial charge in [0.1, 0.15) is 23.0 Å². The molecule has 0 fully saturated rings. The summed E-state index contributed by atoms with van der Waals surface area (Å²) in [6.45, 7) is 7.36. The van der Waals surface area contributed by atoms with E-state index in [0.717, 1.165) is 16.8 Å². The van der Waals surface area contributed by atoms with Crippen molar-refractivity contribution in [3.8, 4) is 11.5 Å². The number of amidine groups is 1. The molecule has 3 rings (SSSR count). The van der Waals surface area contributed by atoms with Crippen molar-refractivity contribution in [2.75, 3.05) is 24.1 Å². The highest BCUT2D eigenvalue weighted by atomic mass is 16.5. The van der Waals surface area contributed by atoms with Gasteiger partial charge in [0.2, 0.25) is 5.91 Å². The lowest BCUT2D eigenvalue weighted by Crippen LogP contribution is -2.40. The molecule has 0 saturated heterocycles. The van der Waals surface area contributed by atoms with E-state index < -0.39 is 5.92 Å². The topological polar surface area (TPSA) is 71.4 Å². The average molecular weight is 409 g/mol. The number of para-hydroxylation sites is 1. The second-order valence-corrected chi connectivity index (χ2v) is 7.19. The van der Waals surface area contributed by atoms with E-state index in [1.165, 1.54) is 12.1 Å². The lowest BCUT2D eigenvalue weighted by atomic mass is 10.1. The lowest BCUT2D eigenvalue weighted by Gasteiger charge is -2.25. The Hall–Kier alpha value is -3.35. The van der Waals surface area contributed by atoms with Crippen molar-refractivity contribution >= 4 is 29.0 Å². The quantitative estimate of drug-likeness (QED) is 0.747. The first-order valence-electron chi connectivity index (χ1n) is 9.87. The summed E-state index contributed by atoms with van der Waals surface area (Å²) in [6.07, 6.45) is 0.291. The van der Waals surface area contributed by atoms with Crippen LogP contribution in [0.4, 0.5) is 11.4 Å². The highest BCUT2D eigenvalue weighted by Gasteiger charge is 2.40. The van der Waals surface area contributed by atoms with Crippen LogP contribution in [0.3, 0.4) is 0 Å². The van der Waals surface area contributed by atoms with Gasteiger partial charge in [0, 0.05) is 12.5 Å². The molecule has 1 heterocycles. The van der Waals surface area contributed by atoms with Crippen molar-refractivity contribution in [2.24, 2.45) is 11.0 Å². The number of carbonyl (C=O) groups is 2. The van der Waals surface area contributed by atoms with Gasteiger partial charge in [-0.05, 0) is 44.0 Å². The van der Waals surface area contributed by atoms with Crippen LogP contribution < -0.4 is 19.4 Å². The number of methoxy groups -OCH3 is 2. The minimum Gasteiger partial charge on any atom is -0.497 e. The molecule has 0 aliphatic carbocycles. The zero-order valence-corrected chi connectivity index (χ0v) is 18.2. The largest absolute Gasteiger partial charge is 0.497 e. The SMILES string of the molecule is CCC(=O)N(C1=NN(c2c(C)cc(OC)cc2OC)C(=O)C1C)c1ccccc1C. The predicted molar refractivity (Wildman–Crippen MR) is 117 cm³/mol. The van der Waals surface area contributed by atoms with Gasteiger partial charge in [-0.1, -0.05) is 25.1 Å². The van der Waals surface area contributed by atoms with Gasteiger partial charge in [-0.3, -0.25) is 14.5 Å². The summed E-state index contributed by atoms with van der Waals surface area (Å²) in [5, 5.41) is 5.95. The monoisotopic (exact) mass is 409 g/mol. The van der Waals surface area contributed by atoms with Gasteiger partial charge < -0.3 is 9.47 Å². The first kappa shape index (κ1) is 21.4. The number of carbonyl (C=O) groups excluding carboxylic acids is 2. The van der Waals surface area contributed by atoms with Gasteiger partial charge >= 0.3 is 0 Å². The molecule has 0 saturated carbocycles. The molecule has 2 aromatic rings. The summed E-state index contributed by atoms with van der Waals surface area (Å²) < 4.78 is 10.8. The van der Waals surface area contributed by atoms with Gasteiger partial charge in [-0.25, -0.2) is 0 Å². The molecule has 2 aromatic carbocycles. The number of benzene rings is 2. The normalized spacial score (nSPS) is 15.8.